The first-order valence-electron chi connectivity index (χ1n) is 10.6. The summed E-state index contributed by atoms with van der Waals surface area (Å²) in [5, 5.41) is 24.9. The van der Waals surface area contributed by atoms with E-state index in [1.54, 1.807) is 29.5 Å². The molecule has 0 saturated heterocycles. The van der Waals surface area contributed by atoms with Gasteiger partial charge in [-0.3, -0.25) is 9.59 Å². The summed E-state index contributed by atoms with van der Waals surface area (Å²) in [6.07, 6.45) is -0.420. The molecule has 7 nitrogen and oxygen atoms in total. The minimum atomic E-state index is -0.925. The number of hydrogen-bond donors (Lipinski definition) is 3. The van der Waals surface area contributed by atoms with E-state index in [2.05, 4.69) is 5.32 Å². The van der Waals surface area contributed by atoms with Crippen LogP contribution in [0.4, 0.5) is 0 Å². The quantitative estimate of drug-likeness (QED) is 0.364. The molecule has 0 fully saturated rings. The second-order valence-electron chi connectivity index (χ2n) is 7.45. The topological polar surface area (TPSA) is 105 Å². The van der Waals surface area contributed by atoms with Crippen LogP contribution >= 0.6 is 11.3 Å². The van der Waals surface area contributed by atoms with E-state index in [0.29, 0.717) is 12.4 Å². The van der Waals surface area contributed by atoms with Crippen LogP contribution in [0, 0.1) is 6.92 Å². The summed E-state index contributed by atoms with van der Waals surface area (Å²) in [4.78, 5) is 24.0. The number of hydrogen-bond acceptors (Lipinski definition) is 6. The molecule has 0 aliphatic heterocycles. The normalized spacial score (nSPS) is 11.6. The van der Waals surface area contributed by atoms with Crippen LogP contribution in [0.2, 0.25) is 0 Å². The number of carboxylic acid groups (broad SMARTS) is 1. The van der Waals surface area contributed by atoms with Gasteiger partial charge in [0.2, 0.25) is 0 Å². The van der Waals surface area contributed by atoms with E-state index < -0.39 is 18.0 Å². The van der Waals surface area contributed by atoms with Crippen LogP contribution in [-0.2, 0) is 11.4 Å². The molecular weight excluding hydrogens is 442 g/mol. The zero-order valence-corrected chi connectivity index (χ0v) is 19.1. The van der Waals surface area contributed by atoms with E-state index in [1.807, 2.05) is 48.0 Å². The molecule has 33 heavy (non-hydrogen) atoms. The first-order chi connectivity index (χ1) is 16.0. The molecule has 0 bridgehead atoms. The summed E-state index contributed by atoms with van der Waals surface area (Å²) in [7, 11) is 0. The van der Waals surface area contributed by atoms with Crippen molar-refractivity contribution in [1.29, 1.82) is 0 Å². The highest BCUT2D eigenvalue weighted by Gasteiger charge is 2.21. The molecule has 8 heteroatoms. The van der Waals surface area contributed by atoms with Gasteiger partial charge in [-0.25, -0.2) is 0 Å². The van der Waals surface area contributed by atoms with Crippen molar-refractivity contribution >= 4 is 23.2 Å². The Balaban J connectivity index is 1.91. The Kier molecular flexibility index (Phi) is 8.86. The molecule has 0 aliphatic carbocycles. The van der Waals surface area contributed by atoms with Crippen LogP contribution in [0.25, 0.3) is 0 Å². The van der Waals surface area contributed by atoms with Crippen molar-refractivity contribution in [1.82, 2.24) is 5.32 Å². The number of thiophene rings is 1. The van der Waals surface area contributed by atoms with E-state index in [1.165, 1.54) is 0 Å². The van der Waals surface area contributed by atoms with E-state index in [4.69, 9.17) is 14.6 Å². The maximum Gasteiger partial charge on any atom is 0.303 e. The van der Waals surface area contributed by atoms with E-state index >= 15 is 0 Å². The van der Waals surface area contributed by atoms with Crippen LogP contribution in [0.3, 0.4) is 0 Å². The maximum atomic E-state index is 12.7. The monoisotopic (exact) mass is 469 g/mol. The van der Waals surface area contributed by atoms with Gasteiger partial charge < -0.3 is 25.0 Å². The summed E-state index contributed by atoms with van der Waals surface area (Å²) >= 11 is 1.58. The predicted octanol–water partition coefficient (Wildman–Crippen LogP) is 4.34. The first-order valence-corrected chi connectivity index (χ1v) is 11.5. The predicted molar refractivity (Wildman–Crippen MR) is 126 cm³/mol. The average Bonchev–Trinajstić information content (AvgIpc) is 3.33. The molecule has 3 aromatic rings. The molecule has 3 N–H and O–H groups in total. The molecule has 0 radical (unpaired) electrons. The second-order valence-corrected chi connectivity index (χ2v) is 8.23. The molecule has 0 aliphatic rings. The molecule has 1 amide bonds. The number of nitrogens with one attached hydrogen (secondary N) is 1. The van der Waals surface area contributed by atoms with Crippen LogP contribution in [0.1, 0.15) is 46.0 Å². The SMILES string of the molecule is Cc1ccccc1C(CCC(=O)O)Oc1cc(OCc2ccsc2)ccc1C(=O)NCCO. The fraction of sp³-hybridized carbons (Fsp3) is 0.280. The van der Waals surface area contributed by atoms with Crippen molar-refractivity contribution in [2.45, 2.75) is 32.5 Å². The Morgan fingerprint density at radius 3 is 2.67 bits per heavy atom. The Bertz CT molecular complexity index is 1070. The summed E-state index contributed by atoms with van der Waals surface area (Å²) in [5.41, 5.74) is 3.13. The summed E-state index contributed by atoms with van der Waals surface area (Å²) in [6, 6.07) is 14.5. The highest BCUT2D eigenvalue weighted by Crippen LogP contribution is 2.33. The van der Waals surface area contributed by atoms with Gasteiger partial charge in [-0.2, -0.15) is 11.3 Å². The number of benzene rings is 2. The van der Waals surface area contributed by atoms with Crippen LogP contribution in [0.15, 0.2) is 59.3 Å². The molecular formula is C25H27NO6S. The van der Waals surface area contributed by atoms with Crippen LogP contribution in [0.5, 0.6) is 11.5 Å². The van der Waals surface area contributed by atoms with E-state index in [0.717, 1.165) is 16.7 Å². The molecule has 1 aromatic heterocycles. The number of aliphatic hydroxyl groups excluding tert-OH is 1. The summed E-state index contributed by atoms with van der Waals surface area (Å²) < 4.78 is 12.2. The third-order valence-corrected chi connectivity index (χ3v) is 5.74. The first kappa shape index (κ1) is 24.3. The van der Waals surface area contributed by atoms with Crippen molar-refractivity contribution in [3.8, 4) is 11.5 Å². The van der Waals surface area contributed by atoms with Gasteiger partial charge in [0.15, 0.2) is 0 Å². The molecule has 2 aromatic carbocycles. The Hall–Kier alpha value is -3.36. The van der Waals surface area contributed by atoms with Crippen molar-refractivity contribution in [3.05, 3.63) is 81.5 Å². The fourth-order valence-corrected chi connectivity index (χ4v) is 3.97. The van der Waals surface area contributed by atoms with Gasteiger partial charge in [0.25, 0.3) is 5.91 Å². The number of aliphatic hydroxyl groups is 1. The fourth-order valence-electron chi connectivity index (χ4n) is 3.32. The highest BCUT2D eigenvalue weighted by molar-refractivity contribution is 7.07. The minimum Gasteiger partial charge on any atom is -0.489 e. The van der Waals surface area contributed by atoms with Crippen LogP contribution in [-0.4, -0.2) is 35.2 Å². The van der Waals surface area contributed by atoms with Gasteiger partial charge in [-0.1, -0.05) is 24.3 Å². The van der Waals surface area contributed by atoms with Crippen LogP contribution < -0.4 is 14.8 Å². The van der Waals surface area contributed by atoms with Gasteiger partial charge in [-0.15, -0.1) is 0 Å². The Morgan fingerprint density at radius 1 is 1.15 bits per heavy atom. The number of aryl methyl sites for hydroxylation is 1. The number of ether oxygens (including phenoxy) is 2. The second kappa shape index (κ2) is 12.0. The average molecular weight is 470 g/mol. The van der Waals surface area contributed by atoms with Crippen molar-refractivity contribution in [2.75, 3.05) is 13.2 Å². The summed E-state index contributed by atoms with van der Waals surface area (Å²) in [5.74, 6) is -0.514. The van der Waals surface area contributed by atoms with Crippen molar-refractivity contribution in [2.24, 2.45) is 0 Å². The number of carbonyl (C=O) groups excluding carboxylic acids is 1. The zero-order valence-electron chi connectivity index (χ0n) is 18.3. The van der Waals surface area contributed by atoms with Gasteiger partial charge >= 0.3 is 5.97 Å². The molecule has 1 heterocycles. The van der Waals surface area contributed by atoms with Gasteiger partial charge in [0.1, 0.15) is 24.2 Å². The lowest BCUT2D eigenvalue weighted by Crippen LogP contribution is -2.27. The van der Waals surface area contributed by atoms with Crippen molar-refractivity contribution in [3.63, 3.8) is 0 Å². The lowest BCUT2D eigenvalue weighted by Gasteiger charge is -2.23. The maximum absolute atomic E-state index is 12.7. The Labute approximate surface area is 196 Å². The number of amides is 1. The molecule has 1 atom stereocenters. The molecule has 0 spiro atoms. The smallest absolute Gasteiger partial charge is 0.303 e. The third kappa shape index (κ3) is 7.06. The zero-order chi connectivity index (χ0) is 23.6. The third-order valence-electron chi connectivity index (χ3n) is 5.01. The molecule has 0 saturated carbocycles. The number of aliphatic carboxylic acids is 1. The number of carbonyl (C=O) groups is 2. The van der Waals surface area contributed by atoms with E-state index in [9.17, 15) is 14.7 Å². The number of rotatable bonds is 12. The lowest BCUT2D eigenvalue weighted by atomic mass is 9.99. The van der Waals surface area contributed by atoms with Gasteiger partial charge in [-0.05, 0) is 59.0 Å². The molecule has 1 unspecified atom stereocenters. The van der Waals surface area contributed by atoms with E-state index in [-0.39, 0.29) is 37.3 Å². The van der Waals surface area contributed by atoms with Gasteiger partial charge in [0.05, 0.1) is 12.2 Å². The van der Waals surface area contributed by atoms with Gasteiger partial charge in [0, 0.05) is 19.0 Å². The summed E-state index contributed by atoms with van der Waals surface area (Å²) in [6.45, 7) is 2.23. The minimum absolute atomic E-state index is 0.0839. The van der Waals surface area contributed by atoms with Crippen molar-refractivity contribution < 1.29 is 29.3 Å². The lowest BCUT2D eigenvalue weighted by molar-refractivity contribution is -0.137. The standard InChI is InChI=1S/C25H27NO6S/c1-17-4-2-3-5-20(17)22(8-9-24(28)29)32-23-14-19(31-15-18-10-13-33-16-18)6-7-21(23)25(30)26-11-12-27/h2-7,10,13-14,16,22,27H,8-9,11-12,15H2,1H3,(H,26,30)(H,28,29). The molecule has 3 rings (SSSR count). The molecule has 174 valence electrons. The highest BCUT2D eigenvalue weighted by atomic mass is 32.1. The largest absolute Gasteiger partial charge is 0.489 e. The Morgan fingerprint density at radius 2 is 1.97 bits per heavy atom. The number of carboxylic acids is 1.